The Morgan fingerprint density at radius 3 is 2.89 bits per heavy atom. The van der Waals surface area contributed by atoms with E-state index in [9.17, 15) is 4.79 Å². The second-order valence-corrected chi connectivity index (χ2v) is 5.28. The van der Waals surface area contributed by atoms with Gasteiger partial charge in [0.1, 0.15) is 12.2 Å². The average molecular weight is 275 g/mol. The normalized spacial score (nSPS) is 10.6. The van der Waals surface area contributed by atoms with Crippen LogP contribution in [-0.2, 0) is 17.8 Å². The molecule has 0 amide bonds. The van der Waals surface area contributed by atoms with E-state index >= 15 is 0 Å². The molecule has 0 aliphatic heterocycles. The third kappa shape index (κ3) is 3.67. The number of aryl methyl sites for hydroxylation is 2. The topological polar surface area (TPSA) is 47.8 Å². The van der Waals surface area contributed by atoms with E-state index in [1.54, 1.807) is 16.4 Å². The molecule has 0 spiro atoms. The molecule has 19 heavy (non-hydrogen) atoms. The van der Waals surface area contributed by atoms with Crippen LogP contribution in [0.25, 0.3) is 0 Å². The first-order valence-electron chi connectivity index (χ1n) is 6.27. The van der Waals surface area contributed by atoms with Crippen molar-refractivity contribution < 1.29 is 4.79 Å². The number of Topliss-reactive ketones (excluding diaryl/α,β-unsaturated/α-hetero) is 1. The molecule has 0 bridgehead atoms. The molecule has 1 heterocycles. The van der Waals surface area contributed by atoms with Crippen molar-refractivity contribution in [1.29, 1.82) is 0 Å². The van der Waals surface area contributed by atoms with Gasteiger partial charge in [-0.05, 0) is 25.5 Å². The molecule has 0 fully saturated rings. The minimum atomic E-state index is 0.177. The molecule has 0 atom stereocenters. The van der Waals surface area contributed by atoms with Crippen molar-refractivity contribution in [2.75, 3.05) is 5.75 Å². The molecule has 1 aromatic heterocycles. The average Bonchev–Trinajstić information content (AvgIpc) is 2.85. The summed E-state index contributed by atoms with van der Waals surface area (Å²) in [5.74, 6) is 1.40. The first-order valence-corrected chi connectivity index (χ1v) is 7.26. The van der Waals surface area contributed by atoms with Crippen LogP contribution in [0.4, 0.5) is 0 Å². The van der Waals surface area contributed by atoms with Crippen molar-refractivity contribution in [2.45, 2.75) is 31.7 Å². The summed E-state index contributed by atoms with van der Waals surface area (Å²) in [6, 6.07) is 8.10. The number of hydrogen-bond donors (Lipinski definition) is 0. The highest BCUT2D eigenvalue weighted by atomic mass is 32.2. The van der Waals surface area contributed by atoms with Gasteiger partial charge in [-0.3, -0.25) is 4.79 Å². The Morgan fingerprint density at radius 1 is 1.37 bits per heavy atom. The zero-order valence-corrected chi connectivity index (χ0v) is 12.0. The van der Waals surface area contributed by atoms with Crippen molar-refractivity contribution in [3.63, 3.8) is 0 Å². The van der Waals surface area contributed by atoms with Gasteiger partial charge in [0.05, 0.1) is 12.2 Å². The van der Waals surface area contributed by atoms with Crippen LogP contribution in [0.1, 0.15) is 18.3 Å². The lowest BCUT2D eigenvalue weighted by molar-refractivity contribution is -0.116. The molecule has 0 saturated carbocycles. The SMILES string of the molecule is CCn1ncnc1CC(=O)CSc1ccccc1C. The highest BCUT2D eigenvalue weighted by molar-refractivity contribution is 8.00. The molecule has 2 aromatic rings. The Kier molecular flexibility index (Phi) is 4.74. The number of ketones is 1. The summed E-state index contributed by atoms with van der Waals surface area (Å²) in [7, 11) is 0. The number of carbonyl (C=O) groups is 1. The fraction of sp³-hybridized carbons (Fsp3) is 0.357. The monoisotopic (exact) mass is 275 g/mol. The van der Waals surface area contributed by atoms with Crippen molar-refractivity contribution in [2.24, 2.45) is 0 Å². The highest BCUT2D eigenvalue weighted by Gasteiger charge is 2.10. The highest BCUT2D eigenvalue weighted by Crippen LogP contribution is 2.21. The molecule has 2 rings (SSSR count). The van der Waals surface area contributed by atoms with Gasteiger partial charge in [0.2, 0.25) is 0 Å². The maximum Gasteiger partial charge on any atom is 0.150 e. The van der Waals surface area contributed by atoms with Crippen LogP contribution in [0.15, 0.2) is 35.5 Å². The van der Waals surface area contributed by atoms with E-state index in [1.807, 2.05) is 25.1 Å². The van der Waals surface area contributed by atoms with Crippen molar-refractivity contribution in [3.05, 3.63) is 42.0 Å². The van der Waals surface area contributed by atoms with Crippen molar-refractivity contribution >= 4 is 17.5 Å². The summed E-state index contributed by atoms with van der Waals surface area (Å²) in [5.41, 5.74) is 1.21. The maximum atomic E-state index is 12.0. The lowest BCUT2D eigenvalue weighted by Crippen LogP contribution is -2.12. The Balaban J connectivity index is 1.90. The lowest BCUT2D eigenvalue weighted by Gasteiger charge is -2.05. The molecule has 0 aliphatic rings. The third-order valence-corrected chi connectivity index (χ3v) is 4.07. The van der Waals surface area contributed by atoms with Crippen LogP contribution >= 0.6 is 11.8 Å². The Bertz CT molecular complexity index is 565. The number of nitrogens with zero attached hydrogens (tertiary/aromatic N) is 3. The molecule has 0 aliphatic carbocycles. The van der Waals surface area contributed by atoms with Gasteiger partial charge in [0.25, 0.3) is 0 Å². The number of aromatic nitrogens is 3. The summed E-state index contributed by atoms with van der Waals surface area (Å²) >= 11 is 1.58. The summed E-state index contributed by atoms with van der Waals surface area (Å²) in [6.45, 7) is 4.79. The molecule has 100 valence electrons. The van der Waals surface area contributed by atoms with Gasteiger partial charge in [-0.2, -0.15) is 5.10 Å². The number of hydrogen-bond acceptors (Lipinski definition) is 4. The van der Waals surface area contributed by atoms with Gasteiger partial charge in [-0.25, -0.2) is 9.67 Å². The maximum absolute atomic E-state index is 12.0. The molecule has 0 saturated heterocycles. The van der Waals surface area contributed by atoms with Gasteiger partial charge in [0.15, 0.2) is 5.78 Å². The molecule has 4 nitrogen and oxygen atoms in total. The quantitative estimate of drug-likeness (QED) is 0.760. The minimum Gasteiger partial charge on any atom is -0.298 e. The van der Waals surface area contributed by atoms with E-state index < -0.39 is 0 Å². The second kappa shape index (κ2) is 6.52. The fourth-order valence-corrected chi connectivity index (χ4v) is 2.68. The van der Waals surface area contributed by atoms with Gasteiger partial charge in [0, 0.05) is 11.4 Å². The number of benzene rings is 1. The van der Waals surface area contributed by atoms with Crippen LogP contribution in [0.5, 0.6) is 0 Å². The second-order valence-electron chi connectivity index (χ2n) is 4.26. The predicted molar refractivity (Wildman–Crippen MR) is 76.3 cm³/mol. The summed E-state index contributed by atoms with van der Waals surface area (Å²) in [4.78, 5) is 17.2. The molecule has 0 N–H and O–H groups in total. The molecular formula is C14H17N3OS. The third-order valence-electron chi connectivity index (χ3n) is 2.83. The van der Waals surface area contributed by atoms with E-state index in [0.717, 1.165) is 17.3 Å². The van der Waals surface area contributed by atoms with Crippen LogP contribution in [0.2, 0.25) is 0 Å². The zero-order chi connectivity index (χ0) is 13.7. The first-order chi connectivity index (χ1) is 9.20. The predicted octanol–water partition coefficient (Wildman–Crippen LogP) is 2.51. The lowest BCUT2D eigenvalue weighted by atomic mass is 10.2. The van der Waals surface area contributed by atoms with Gasteiger partial charge in [-0.1, -0.05) is 18.2 Å². The van der Waals surface area contributed by atoms with Crippen LogP contribution in [0, 0.1) is 6.92 Å². The van der Waals surface area contributed by atoms with E-state index in [4.69, 9.17) is 0 Å². The van der Waals surface area contributed by atoms with E-state index in [1.165, 1.54) is 11.9 Å². The van der Waals surface area contributed by atoms with Gasteiger partial charge in [-0.15, -0.1) is 11.8 Å². The Hall–Kier alpha value is -1.62. The first kappa shape index (κ1) is 13.8. The zero-order valence-electron chi connectivity index (χ0n) is 11.2. The largest absolute Gasteiger partial charge is 0.298 e. The fourth-order valence-electron chi connectivity index (χ4n) is 1.79. The Labute approximate surface area is 117 Å². The summed E-state index contributed by atoms with van der Waals surface area (Å²) in [6.07, 6.45) is 1.85. The smallest absolute Gasteiger partial charge is 0.150 e. The molecule has 0 radical (unpaired) electrons. The Morgan fingerprint density at radius 2 is 2.16 bits per heavy atom. The molecular weight excluding hydrogens is 258 g/mol. The minimum absolute atomic E-state index is 0.177. The van der Waals surface area contributed by atoms with Gasteiger partial charge >= 0.3 is 0 Å². The summed E-state index contributed by atoms with van der Waals surface area (Å²) < 4.78 is 1.76. The molecule has 0 unspecified atom stereocenters. The van der Waals surface area contributed by atoms with Crippen molar-refractivity contribution in [3.8, 4) is 0 Å². The van der Waals surface area contributed by atoms with E-state index in [2.05, 4.69) is 23.1 Å². The number of rotatable bonds is 6. The summed E-state index contributed by atoms with van der Waals surface area (Å²) in [5, 5.41) is 4.07. The molecule has 1 aromatic carbocycles. The standard InChI is InChI=1S/C14H17N3OS/c1-3-17-14(15-10-16-17)8-12(18)9-19-13-7-5-4-6-11(13)2/h4-7,10H,3,8-9H2,1-2H3. The van der Waals surface area contributed by atoms with E-state index in [-0.39, 0.29) is 5.78 Å². The van der Waals surface area contributed by atoms with Crippen molar-refractivity contribution in [1.82, 2.24) is 14.8 Å². The van der Waals surface area contributed by atoms with Crippen LogP contribution in [0.3, 0.4) is 0 Å². The number of carbonyl (C=O) groups excluding carboxylic acids is 1. The molecule has 5 heteroatoms. The van der Waals surface area contributed by atoms with E-state index in [0.29, 0.717) is 12.2 Å². The van der Waals surface area contributed by atoms with Crippen LogP contribution < -0.4 is 0 Å². The van der Waals surface area contributed by atoms with Crippen LogP contribution in [-0.4, -0.2) is 26.3 Å². The van der Waals surface area contributed by atoms with Gasteiger partial charge < -0.3 is 0 Å². The number of thioether (sulfide) groups is 1.